The quantitative estimate of drug-likeness (QED) is 0.557. The van der Waals surface area contributed by atoms with E-state index in [1.165, 1.54) is 35.8 Å². The topological polar surface area (TPSA) is 74.2 Å². The Balaban J connectivity index is 1.80. The van der Waals surface area contributed by atoms with Gasteiger partial charge in [-0.1, -0.05) is 17.7 Å². The van der Waals surface area contributed by atoms with Crippen molar-refractivity contribution in [3.8, 4) is 16.8 Å². The van der Waals surface area contributed by atoms with Gasteiger partial charge in [-0.2, -0.15) is 15.3 Å². The van der Waals surface area contributed by atoms with Crippen LogP contribution >= 0.6 is 22.9 Å². The molecule has 0 aliphatic heterocycles. The molecular formula is C15H8ClFN4OS. The van der Waals surface area contributed by atoms with E-state index in [-0.39, 0.29) is 16.6 Å². The van der Waals surface area contributed by atoms with Crippen molar-refractivity contribution in [1.82, 2.24) is 4.98 Å². The Kier molecular flexibility index (Phi) is 4.37. The minimum absolute atomic E-state index is 0.0933. The summed E-state index contributed by atoms with van der Waals surface area (Å²) in [4.78, 5) is 4.90. The second-order valence-corrected chi connectivity index (χ2v) is 5.68. The number of nitrogens with one attached hydrogen (secondary N) is 1. The monoisotopic (exact) mass is 346 g/mol. The second-order valence-electron chi connectivity index (χ2n) is 4.32. The number of thiophene rings is 1. The zero-order valence-electron chi connectivity index (χ0n) is 11.5. The van der Waals surface area contributed by atoms with E-state index in [4.69, 9.17) is 21.3 Å². The molecule has 0 amide bonds. The first-order valence-electron chi connectivity index (χ1n) is 6.36. The Labute approximate surface area is 139 Å². The highest BCUT2D eigenvalue weighted by Crippen LogP contribution is 2.28. The van der Waals surface area contributed by atoms with Crippen molar-refractivity contribution in [3.05, 3.63) is 57.8 Å². The minimum atomic E-state index is -0.428. The number of anilines is 1. The lowest BCUT2D eigenvalue weighted by Gasteiger charge is -1.98. The molecule has 23 heavy (non-hydrogen) atoms. The first-order valence-corrected chi connectivity index (χ1v) is 7.62. The van der Waals surface area contributed by atoms with Gasteiger partial charge in [0.1, 0.15) is 11.9 Å². The van der Waals surface area contributed by atoms with Crippen LogP contribution in [0.1, 0.15) is 11.3 Å². The van der Waals surface area contributed by atoms with Crippen molar-refractivity contribution in [2.24, 2.45) is 5.10 Å². The SMILES string of the molecule is N#Cc1nc(-c2cccs2)oc1N/N=C/c1ccc(F)cc1Cl. The number of halogens is 2. The predicted molar refractivity (Wildman–Crippen MR) is 87.2 cm³/mol. The molecule has 1 aromatic carbocycles. The highest BCUT2D eigenvalue weighted by atomic mass is 35.5. The van der Waals surface area contributed by atoms with E-state index in [1.54, 1.807) is 0 Å². The van der Waals surface area contributed by atoms with Gasteiger partial charge < -0.3 is 4.42 Å². The molecule has 3 aromatic rings. The molecule has 0 unspecified atom stereocenters. The van der Waals surface area contributed by atoms with Crippen LogP contribution in [-0.2, 0) is 0 Å². The smallest absolute Gasteiger partial charge is 0.252 e. The molecule has 1 N–H and O–H groups in total. The lowest BCUT2D eigenvalue weighted by Crippen LogP contribution is -1.92. The van der Waals surface area contributed by atoms with E-state index in [1.807, 2.05) is 23.6 Å². The van der Waals surface area contributed by atoms with Crippen LogP contribution in [0.15, 0.2) is 45.2 Å². The van der Waals surface area contributed by atoms with Crippen molar-refractivity contribution in [3.63, 3.8) is 0 Å². The zero-order chi connectivity index (χ0) is 16.2. The number of benzene rings is 1. The molecule has 3 rings (SSSR count). The van der Waals surface area contributed by atoms with Crippen LogP contribution in [0.2, 0.25) is 5.02 Å². The van der Waals surface area contributed by atoms with Gasteiger partial charge >= 0.3 is 0 Å². The van der Waals surface area contributed by atoms with Crippen molar-refractivity contribution in [1.29, 1.82) is 5.26 Å². The number of rotatable bonds is 4. The van der Waals surface area contributed by atoms with Crippen LogP contribution in [0.4, 0.5) is 10.3 Å². The largest absolute Gasteiger partial charge is 0.416 e. The lowest BCUT2D eigenvalue weighted by atomic mass is 10.2. The third-order valence-electron chi connectivity index (χ3n) is 2.80. The van der Waals surface area contributed by atoms with Crippen LogP contribution in [-0.4, -0.2) is 11.2 Å². The van der Waals surface area contributed by atoms with Crippen LogP contribution in [0.25, 0.3) is 10.8 Å². The summed E-state index contributed by atoms with van der Waals surface area (Å²) in [5.74, 6) is 0.0437. The van der Waals surface area contributed by atoms with E-state index in [0.29, 0.717) is 11.5 Å². The van der Waals surface area contributed by atoms with Crippen molar-refractivity contribution in [2.45, 2.75) is 0 Å². The molecule has 0 saturated heterocycles. The molecule has 0 fully saturated rings. The van der Waals surface area contributed by atoms with Gasteiger partial charge in [0.05, 0.1) is 16.1 Å². The van der Waals surface area contributed by atoms with Gasteiger partial charge in [0, 0.05) is 5.56 Å². The third kappa shape index (κ3) is 3.39. The Bertz CT molecular complexity index is 899. The highest BCUT2D eigenvalue weighted by molar-refractivity contribution is 7.13. The average Bonchev–Trinajstić information content (AvgIpc) is 3.18. The Morgan fingerprint density at radius 1 is 1.43 bits per heavy atom. The molecule has 0 radical (unpaired) electrons. The molecule has 0 saturated carbocycles. The Morgan fingerprint density at radius 2 is 2.30 bits per heavy atom. The fourth-order valence-electron chi connectivity index (χ4n) is 1.74. The lowest BCUT2D eigenvalue weighted by molar-refractivity contribution is 0.588. The molecule has 2 heterocycles. The number of hydrazone groups is 1. The summed E-state index contributed by atoms with van der Waals surface area (Å²) in [6.45, 7) is 0. The molecule has 0 aliphatic carbocycles. The van der Waals surface area contributed by atoms with E-state index < -0.39 is 5.82 Å². The molecule has 0 bridgehead atoms. The summed E-state index contributed by atoms with van der Waals surface area (Å²) in [6, 6.07) is 9.58. The van der Waals surface area contributed by atoms with Crippen LogP contribution in [0.3, 0.4) is 0 Å². The first-order chi connectivity index (χ1) is 11.2. The zero-order valence-corrected chi connectivity index (χ0v) is 13.0. The van der Waals surface area contributed by atoms with Crippen LogP contribution in [0.5, 0.6) is 0 Å². The van der Waals surface area contributed by atoms with E-state index in [2.05, 4.69) is 15.5 Å². The van der Waals surface area contributed by atoms with E-state index in [9.17, 15) is 4.39 Å². The van der Waals surface area contributed by atoms with Gasteiger partial charge in [-0.15, -0.1) is 11.3 Å². The highest BCUT2D eigenvalue weighted by Gasteiger charge is 2.14. The number of hydrogen-bond acceptors (Lipinski definition) is 6. The molecule has 0 spiro atoms. The summed E-state index contributed by atoms with van der Waals surface area (Å²) in [5, 5.41) is 15.2. The Hall–Kier alpha value is -2.69. The van der Waals surface area contributed by atoms with Gasteiger partial charge in [-0.05, 0) is 29.6 Å². The van der Waals surface area contributed by atoms with Crippen molar-refractivity contribution >= 4 is 35.0 Å². The van der Waals surface area contributed by atoms with Gasteiger partial charge in [-0.3, -0.25) is 0 Å². The van der Waals surface area contributed by atoms with Crippen molar-refractivity contribution < 1.29 is 8.81 Å². The molecule has 0 aliphatic rings. The number of aromatic nitrogens is 1. The minimum Gasteiger partial charge on any atom is -0.416 e. The first kappa shape index (κ1) is 15.2. The molecule has 8 heteroatoms. The maximum absolute atomic E-state index is 13.0. The molecule has 2 aromatic heterocycles. The van der Waals surface area contributed by atoms with Crippen molar-refractivity contribution in [2.75, 3.05) is 5.43 Å². The van der Waals surface area contributed by atoms with E-state index in [0.717, 1.165) is 4.88 Å². The summed E-state index contributed by atoms with van der Waals surface area (Å²) < 4.78 is 18.5. The number of nitrogens with zero attached hydrogens (tertiary/aromatic N) is 3. The second kappa shape index (κ2) is 6.60. The summed E-state index contributed by atoms with van der Waals surface area (Å²) in [5.41, 5.74) is 3.23. The Morgan fingerprint density at radius 3 is 3.00 bits per heavy atom. The fraction of sp³-hybridized carbons (Fsp3) is 0. The van der Waals surface area contributed by atoms with Gasteiger partial charge in [-0.25, -0.2) is 9.82 Å². The van der Waals surface area contributed by atoms with Crippen LogP contribution < -0.4 is 5.43 Å². The maximum atomic E-state index is 13.0. The average molecular weight is 347 g/mol. The molecule has 5 nitrogen and oxygen atoms in total. The summed E-state index contributed by atoms with van der Waals surface area (Å²) >= 11 is 7.34. The predicted octanol–water partition coefficient (Wildman–Crippen LogP) is 4.51. The van der Waals surface area contributed by atoms with Gasteiger partial charge in [0.2, 0.25) is 11.6 Å². The van der Waals surface area contributed by atoms with Crippen LogP contribution in [0, 0.1) is 17.1 Å². The maximum Gasteiger partial charge on any atom is 0.252 e. The standard InChI is InChI=1S/C15H8ClFN4OS/c16-11-6-10(17)4-3-9(11)8-19-21-14-12(7-18)20-15(22-14)13-2-1-5-23-13/h1-6,8,21H/b19-8+. The molecule has 114 valence electrons. The number of hydrogen-bond donors (Lipinski definition) is 1. The normalized spacial score (nSPS) is 10.8. The third-order valence-corrected chi connectivity index (χ3v) is 3.98. The molecule has 0 atom stereocenters. The van der Waals surface area contributed by atoms with Gasteiger partial charge in [0.25, 0.3) is 5.88 Å². The number of nitriles is 1. The summed E-state index contributed by atoms with van der Waals surface area (Å²) in [6.07, 6.45) is 1.40. The number of oxazole rings is 1. The van der Waals surface area contributed by atoms with Gasteiger partial charge in [0.15, 0.2) is 0 Å². The molecular weight excluding hydrogens is 339 g/mol. The summed E-state index contributed by atoms with van der Waals surface area (Å²) in [7, 11) is 0. The fourth-order valence-corrected chi connectivity index (χ4v) is 2.61. The van der Waals surface area contributed by atoms with E-state index >= 15 is 0 Å².